The first-order valence-corrected chi connectivity index (χ1v) is 18.4. The number of ether oxygens (including phenoxy) is 1. The minimum absolute atomic E-state index is 0.0766. The van der Waals surface area contributed by atoms with Gasteiger partial charge in [-0.15, -0.1) is 0 Å². The molecule has 4 nitrogen and oxygen atoms in total. The number of ketones is 1. The number of unbranched alkanes of at least 4 members (excludes halogenated alkanes) is 3. The molecule has 1 aliphatic rings. The minimum atomic E-state index is -2.67. The van der Waals surface area contributed by atoms with Gasteiger partial charge in [0.2, 0.25) is 0 Å². The van der Waals surface area contributed by atoms with Crippen molar-refractivity contribution in [3.63, 3.8) is 0 Å². The normalized spacial score (nSPS) is 15.7. The Morgan fingerprint density at radius 1 is 1.00 bits per heavy atom. The zero-order valence-corrected chi connectivity index (χ0v) is 21.4. The summed E-state index contributed by atoms with van der Waals surface area (Å²) in [6.45, 7) is 13.2. The van der Waals surface area contributed by atoms with Gasteiger partial charge in [0.05, 0.1) is 0 Å². The summed E-state index contributed by atoms with van der Waals surface area (Å²) in [5.41, 5.74) is -0.533. The Hall–Kier alpha value is -0.521. The summed E-state index contributed by atoms with van der Waals surface area (Å²) in [6.07, 6.45) is 8.96. The molecule has 0 aromatic heterocycles. The van der Waals surface area contributed by atoms with Gasteiger partial charge in [-0.25, -0.2) is 0 Å². The second-order valence-corrected chi connectivity index (χ2v) is 22.5. The molecular formula is C22H41NO3Sn. The molecule has 0 atom stereocenters. The van der Waals surface area contributed by atoms with Crippen LogP contribution in [0.3, 0.4) is 0 Å². The van der Waals surface area contributed by atoms with Crippen LogP contribution in [0.4, 0.5) is 4.79 Å². The van der Waals surface area contributed by atoms with Crippen molar-refractivity contribution < 1.29 is 14.3 Å². The molecule has 1 heterocycles. The van der Waals surface area contributed by atoms with Crippen molar-refractivity contribution >= 4 is 30.3 Å². The van der Waals surface area contributed by atoms with Gasteiger partial charge in [0.15, 0.2) is 0 Å². The summed E-state index contributed by atoms with van der Waals surface area (Å²) < 4.78 is 10.9. The van der Waals surface area contributed by atoms with E-state index in [4.69, 9.17) is 4.74 Å². The Morgan fingerprint density at radius 3 is 1.89 bits per heavy atom. The molecule has 0 radical (unpaired) electrons. The molecule has 0 bridgehead atoms. The fourth-order valence-corrected chi connectivity index (χ4v) is 20.5. The second-order valence-electron chi connectivity index (χ2n) is 9.06. The van der Waals surface area contributed by atoms with Gasteiger partial charge in [-0.05, 0) is 0 Å². The van der Waals surface area contributed by atoms with Crippen LogP contribution < -0.4 is 0 Å². The summed E-state index contributed by atoms with van der Waals surface area (Å²) in [5.74, 6) is 0.0766. The van der Waals surface area contributed by atoms with Gasteiger partial charge < -0.3 is 0 Å². The predicted octanol–water partition coefficient (Wildman–Crippen LogP) is 6.12. The number of carbonyl (C=O) groups excluding carboxylic acids is 2. The first-order valence-electron chi connectivity index (χ1n) is 10.9. The molecule has 0 aliphatic carbocycles. The quantitative estimate of drug-likeness (QED) is 0.350. The van der Waals surface area contributed by atoms with Gasteiger partial charge in [0, 0.05) is 0 Å². The van der Waals surface area contributed by atoms with E-state index < -0.39 is 24.0 Å². The van der Waals surface area contributed by atoms with E-state index >= 15 is 0 Å². The molecule has 1 aliphatic heterocycles. The Bertz CT molecular complexity index is 500. The molecule has 156 valence electrons. The van der Waals surface area contributed by atoms with Crippen molar-refractivity contribution in [2.24, 2.45) is 0 Å². The summed E-state index contributed by atoms with van der Waals surface area (Å²) in [4.78, 5) is 26.8. The number of amides is 1. The van der Waals surface area contributed by atoms with E-state index in [0.717, 1.165) is 0 Å². The van der Waals surface area contributed by atoms with Crippen LogP contribution in [0, 0.1) is 0 Å². The molecule has 27 heavy (non-hydrogen) atoms. The summed E-state index contributed by atoms with van der Waals surface area (Å²) in [7, 11) is 0. The molecule has 0 fully saturated rings. The first kappa shape index (κ1) is 24.5. The van der Waals surface area contributed by atoms with Gasteiger partial charge in [0.1, 0.15) is 0 Å². The molecule has 1 rings (SSSR count). The van der Waals surface area contributed by atoms with E-state index in [1.165, 1.54) is 55.4 Å². The second kappa shape index (κ2) is 11.5. The third kappa shape index (κ3) is 8.16. The van der Waals surface area contributed by atoms with Crippen LogP contribution in [0.25, 0.3) is 0 Å². The molecule has 0 spiro atoms. The topological polar surface area (TPSA) is 46.6 Å². The van der Waals surface area contributed by atoms with Crippen molar-refractivity contribution in [2.45, 2.75) is 99.0 Å². The zero-order valence-electron chi connectivity index (χ0n) is 18.5. The summed E-state index contributed by atoms with van der Waals surface area (Å²) in [5, 5.41) is 0. The molecule has 1 amide bonds. The van der Waals surface area contributed by atoms with Crippen LogP contribution in [0.2, 0.25) is 13.3 Å². The van der Waals surface area contributed by atoms with Crippen molar-refractivity contribution in [3.05, 3.63) is 9.67 Å². The van der Waals surface area contributed by atoms with Crippen LogP contribution in [-0.4, -0.2) is 53.8 Å². The van der Waals surface area contributed by atoms with E-state index in [-0.39, 0.29) is 18.4 Å². The average Bonchev–Trinajstić information content (AvgIpc) is 2.59. The maximum atomic E-state index is 12.6. The van der Waals surface area contributed by atoms with Gasteiger partial charge in [-0.2, -0.15) is 0 Å². The molecule has 0 unspecified atom stereocenters. The Morgan fingerprint density at radius 2 is 1.48 bits per heavy atom. The first-order chi connectivity index (χ1) is 12.7. The van der Waals surface area contributed by atoms with Gasteiger partial charge in [0.25, 0.3) is 0 Å². The number of carbonyl (C=O) groups is 2. The number of hydrogen-bond acceptors (Lipinski definition) is 3. The maximum absolute atomic E-state index is 12.6. The van der Waals surface area contributed by atoms with E-state index in [1.807, 2.05) is 26.8 Å². The van der Waals surface area contributed by atoms with Crippen LogP contribution in [0.15, 0.2) is 9.67 Å². The molecule has 0 aromatic rings. The van der Waals surface area contributed by atoms with Crippen molar-refractivity contribution in [1.29, 1.82) is 0 Å². The van der Waals surface area contributed by atoms with E-state index in [0.29, 0.717) is 6.54 Å². The molecule has 5 heteroatoms. The SMILES string of the molecule is CCC[CH2][Sn]([CH2]CCC)([CH2]CCC)[C]1=CC(=O)CN(C(=O)OC(C)(C)C)C1. The number of rotatable bonds is 10. The zero-order chi connectivity index (χ0) is 20.5. The Kier molecular flexibility index (Phi) is 10.4. The summed E-state index contributed by atoms with van der Waals surface area (Å²) >= 11 is -2.67. The third-order valence-electron chi connectivity index (χ3n) is 5.40. The van der Waals surface area contributed by atoms with Crippen molar-refractivity contribution in [3.8, 4) is 0 Å². The molecule has 0 saturated heterocycles. The van der Waals surface area contributed by atoms with E-state index in [2.05, 4.69) is 20.8 Å². The number of hydrogen-bond donors (Lipinski definition) is 0. The molecule has 0 N–H and O–H groups in total. The van der Waals surface area contributed by atoms with E-state index in [1.54, 1.807) is 4.90 Å². The molecule has 0 saturated carbocycles. The van der Waals surface area contributed by atoms with Crippen LogP contribution in [-0.2, 0) is 9.53 Å². The van der Waals surface area contributed by atoms with Crippen LogP contribution in [0.5, 0.6) is 0 Å². The van der Waals surface area contributed by atoms with Gasteiger partial charge >= 0.3 is 171 Å². The van der Waals surface area contributed by atoms with Crippen LogP contribution >= 0.6 is 0 Å². The van der Waals surface area contributed by atoms with Crippen LogP contribution in [0.1, 0.15) is 80.1 Å². The van der Waals surface area contributed by atoms with Gasteiger partial charge in [-0.1, -0.05) is 0 Å². The van der Waals surface area contributed by atoms with E-state index in [9.17, 15) is 9.59 Å². The monoisotopic (exact) mass is 487 g/mol. The van der Waals surface area contributed by atoms with Crippen molar-refractivity contribution in [1.82, 2.24) is 4.90 Å². The average molecular weight is 486 g/mol. The third-order valence-corrected chi connectivity index (χ3v) is 21.4. The Labute approximate surface area is 171 Å². The Balaban J connectivity index is 3.12. The van der Waals surface area contributed by atoms with Gasteiger partial charge in [-0.3, -0.25) is 0 Å². The summed E-state index contributed by atoms with van der Waals surface area (Å²) in [6, 6.07) is 0. The standard InChI is InChI=1S/C10H14NO3.3C4H9.Sn/c1-10(2,3)14-9(13)11-6-4-5-8(12)7-11;3*1-3-4-2;/h5H,6-7H2,1-3H3;3*1,3-4H2,2H3;. The molecular weight excluding hydrogens is 445 g/mol. The fourth-order valence-electron chi connectivity index (χ4n) is 3.91. The number of nitrogens with zero attached hydrogens (tertiary/aromatic N) is 1. The fraction of sp³-hybridized carbons (Fsp3) is 0.818. The van der Waals surface area contributed by atoms with Crippen molar-refractivity contribution in [2.75, 3.05) is 13.1 Å². The predicted molar refractivity (Wildman–Crippen MR) is 116 cm³/mol. The molecule has 0 aromatic carbocycles.